The van der Waals surface area contributed by atoms with Gasteiger partial charge in [0.25, 0.3) is 0 Å². The molecule has 5 nitrogen and oxygen atoms in total. The molecule has 9 heteroatoms. The first-order valence-corrected chi connectivity index (χ1v) is 5.60. The number of alkyl halides is 4. The lowest BCUT2D eigenvalue weighted by Crippen LogP contribution is -2.32. The third kappa shape index (κ3) is 2.70. The average Bonchev–Trinajstić information content (AvgIpc) is 2.76. The van der Waals surface area contributed by atoms with E-state index in [1.807, 2.05) is 0 Å². The number of anilines is 1. The van der Waals surface area contributed by atoms with Crippen LogP contribution < -0.4 is 5.73 Å². The largest absolute Gasteiger partial charge is 0.399 e. The van der Waals surface area contributed by atoms with Crippen LogP contribution in [0.3, 0.4) is 0 Å². The molecule has 0 saturated heterocycles. The SMILES string of the molecule is Cc1cc(N)ccc1-c1nnnn1CC(F)(F)C(F)F. The number of hydrogen-bond donors (Lipinski definition) is 1. The molecule has 0 spiro atoms. The number of tetrazole rings is 1. The summed E-state index contributed by atoms with van der Waals surface area (Å²) in [5.41, 5.74) is 7.18. The zero-order valence-corrected chi connectivity index (χ0v) is 10.4. The Bertz CT molecular complexity index is 611. The van der Waals surface area contributed by atoms with Crippen LogP contribution in [-0.2, 0) is 6.54 Å². The minimum Gasteiger partial charge on any atom is -0.399 e. The van der Waals surface area contributed by atoms with Gasteiger partial charge in [-0.25, -0.2) is 13.5 Å². The Morgan fingerprint density at radius 2 is 2.05 bits per heavy atom. The predicted octanol–water partition coefficient (Wildman–Crippen LogP) is 2.13. The summed E-state index contributed by atoms with van der Waals surface area (Å²) in [6, 6.07) is 4.71. The number of nitrogens with two attached hydrogens (primary N) is 1. The van der Waals surface area contributed by atoms with Crippen LogP contribution >= 0.6 is 0 Å². The van der Waals surface area contributed by atoms with Crippen molar-refractivity contribution in [2.24, 2.45) is 0 Å². The van der Waals surface area contributed by atoms with E-state index in [9.17, 15) is 17.6 Å². The highest BCUT2D eigenvalue weighted by atomic mass is 19.3. The molecule has 2 aromatic rings. The first-order chi connectivity index (χ1) is 9.31. The number of halogens is 4. The van der Waals surface area contributed by atoms with Crippen LogP contribution in [0.25, 0.3) is 11.4 Å². The molecule has 0 aliphatic carbocycles. The Labute approximate surface area is 111 Å². The van der Waals surface area contributed by atoms with Gasteiger partial charge in [-0.3, -0.25) is 0 Å². The third-order valence-corrected chi connectivity index (χ3v) is 2.70. The summed E-state index contributed by atoms with van der Waals surface area (Å²) in [6.07, 6.45) is -3.79. The van der Waals surface area contributed by atoms with E-state index < -0.39 is 18.9 Å². The summed E-state index contributed by atoms with van der Waals surface area (Å²) in [6.45, 7) is 0.396. The van der Waals surface area contributed by atoms with Crippen molar-refractivity contribution in [3.63, 3.8) is 0 Å². The molecule has 20 heavy (non-hydrogen) atoms. The van der Waals surface area contributed by atoms with E-state index in [1.165, 1.54) is 0 Å². The maximum atomic E-state index is 13.1. The molecular weight excluding hydrogens is 278 g/mol. The van der Waals surface area contributed by atoms with E-state index in [1.54, 1.807) is 25.1 Å². The summed E-state index contributed by atoms with van der Waals surface area (Å²) in [5, 5.41) is 10.2. The fourth-order valence-electron chi connectivity index (χ4n) is 1.71. The molecule has 0 radical (unpaired) electrons. The highest BCUT2D eigenvalue weighted by Gasteiger charge is 2.42. The zero-order valence-electron chi connectivity index (χ0n) is 10.4. The Hall–Kier alpha value is -2.19. The van der Waals surface area contributed by atoms with Crippen LogP contribution in [-0.4, -0.2) is 32.6 Å². The van der Waals surface area contributed by atoms with E-state index in [0.717, 1.165) is 0 Å². The number of hydrogen-bond acceptors (Lipinski definition) is 4. The van der Waals surface area contributed by atoms with Crippen molar-refractivity contribution in [3.8, 4) is 11.4 Å². The number of nitrogens with zero attached hydrogens (tertiary/aromatic N) is 4. The van der Waals surface area contributed by atoms with E-state index in [-0.39, 0.29) is 5.82 Å². The molecule has 0 saturated carbocycles. The molecule has 0 aliphatic rings. The Morgan fingerprint density at radius 1 is 1.35 bits per heavy atom. The number of aromatic nitrogens is 4. The van der Waals surface area contributed by atoms with Crippen LogP contribution in [0.15, 0.2) is 18.2 Å². The van der Waals surface area contributed by atoms with Crippen LogP contribution in [0.2, 0.25) is 0 Å². The summed E-state index contributed by atoms with van der Waals surface area (Å²) < 4.78 is 51.3. The maximum absolute atomic E-state index is 13.1. The molecule has 1 aromatic carbocycles. The molecule has 1 heterocycles. The molecule has 0 unspecified atom stereocenters. The smallest absolute Gasteiger partial charge is 0.326 e. The molecular formula is C11H11F4N5. The van der Waals surface area contributed by atoms with Crippen molar-refractivity contribution >= 4 is 5.69 Å². The van der Waals surface area contributed by atoms with Gasteiger partial charge in [0.2, 0.25) is 0 Å². The molecule has 0 atom stereocenters. The van der Waals surface area contributed by atoms with Gasteiger partial charge < -0.3 is 5.73 Å². The Kier molecular flexibility index (Phi) is 3.60. The Balaban J connectivity index is 2.38. The second-order valence-corrected chi connectivity index (χ2v) is 4.30. The van der Waals surface area contributed by atoms with Crippen molar-refractivity contribution in [3.05, 3.63) is 23.8 Å². The van der Waals surface area contributed by atoms with Gasteiger partial charge in [-0.05, 0) is 41.1 Å². The molecule has 2 N–H and O–H groups in total. The van der Waals surface area contributed by atoms with Crippen molar-refractivity contribution in [2.75, 3.05) is 5.73 Å². The van der Waals surface area contributed by atoms with Gasteiger partial charge in [0.05, 0.1) is 0 Å². The lowest BCUT2D eigenvalue weighted by molar-refractivity contribution is -0.139. The van der Waals surface area contributed by atoms with Gasteiger partial charge in [-0.1, -0.05) is 0 Å². The maximum Gasteiger partial charge on any atom is 0.326 e. The monoisotopic (exact) mass is 289 g/mol. The summed E-state index contributed by atoms with van der Waals surface area (Å²) in [7, 11) is 0. The van der Waals surface area contributed by atoms with Crippen molar-refractivity contribution in [1.82, 2.24) is 20.2 Å². The van der Waals surface area contributed by atoms with Gasteiger partial charge in [-0.2, -0.15) is 8.78 Å². The minimum atomic E-state index is -4.20. The van der Waals surface area contributed by atoms with Gasteiger partial charge in [0.1, 0.15) is 6.54 Å². The molecule has 0 aliphatic heterocycles. The lowest BCUT2D eigenvalue weighted by atomic mass is 10.1. The Morgan fingerprint density at radius 3 is 2.65 bits per heavy atom. The first-order valence-electron chi connectivity index (χ1n) is 5.60. The topological polar surface area (TPSA) is 69.6 Å². The number of rotatable bonds is 4. The number of aryl methyl sites for hydroxylation is 1. The highest BCUT2D eigenvalue weighted by molar-refractivity contribution is 5.63. The van der Waals surface area contributed by atoms with Crippen molar-refractivity contribution in [2.45, 2.75) is 25.8 Å². The lowest BCUT2D eigenvalue weighted by Gasteiger charge is -2.15. The standard InChI is InChI=1S/C11H11F4N5/c1-6-4-7(16)2-3-8(6)9-17-18-19-20(9)5-11(14,15)10(12)13/h2-4,10H,5,16H2,1H3. The second-order valence-electron chi connectivity index (χ2n) is 4.30. The van der Waals surface area contributed by atoms with Gasteiger partial charge in [0, 0.05) is 11.3 Å². The number of nitrogen functional groups attached to an aromatic ring is 1. The normalized spacial score (nSPS) is 12.1. The summed E-state index contributed by atoms with van der Waals surface area (Å²) in [5.74, 6) is -4.21. The molecule has 2 rings (SSSR count). The van der Waals surface area contributed by atoms with Crippen LogP contribution in [0, 0.1) is 6.92 Å². The van der Waals surface area contributed by atoms with Crippen LogP contribution in [0.1, 0.15) is 5.56 Å². The van der Waals surface area contributed by atoms with Crippen molar-refractivity contribution < 1.29 is 17.6 Å². The van der Waals surface area contributed by atoms with Crippen molar-refractivity contribution in [1.29, 1.82) is 0 Å². The molecule has 0 bridgehead atoms. The van der Waals surface area contributed by atoms with Gasteiger partial charge >= 0.3 is 12.3 Å². The fourth-order valence-corrected chi connectivity index (χ4v) is 1.71. The van der Waals surface area contributed by atoms with Gasteiger partial charge in [-0.15, -0.1) is 5.10 Å². The van der Waals surface area contributed by atoms with Gasteiger partial charge in [0.15, 0.2) is 5.82 Å². The highest BCUT2D eigenvalue weighted by Crippen LogP contribution is 2.28. The number of benzene rings is 1. The van der Waals surface area contributed by atoms with Crippen LogP contribution in [0.5, 0.6) is 0 Å². The zero-order chi connectivity index (χ0) is 14.9. The van der Waals surface area contributed by atoms with E-state index in [4.69, 9.17) is 5.73 Å². The molecule has 0 fully saturated rings. The quantitative estimate of drug-likeness (QED) is 0.691. The van der Waals surface area contributed by atoms with E-state index in [2.05, 4.69) is 15.5 Å². The second kappa shape index (κ2) is 5.06. The molecule has 1 aromatic heterocycles. The van der Waals surface area contributed by atoms with Crippen LogP contribution in [0.4, 0.5) is 23.2 Å². The predicted molar refractivity (Wildman–Crippen MR) is 63.4 cm³/mol. The minimum absolute atomic E-state index is 0.0113. The molecule has 0 amide bonds. The average molecular weight is 289 g/mol. The third-order valence-electron chi connectivity index (χ3n) is 2.70. The van der Waals surface area contributed by atoms with E-state index >= 15 is 0 Å². The molecule has 108 valence electrons. The first kappa shape index (κ1) is 14.2. The van der Waals surface area contributed by atoms with E-state index in [0.29, 0.717) is 21.5 Å². The summed E-state index contributed by atoms with van der Waals surface area (Å²) >= 11 is 0. The fraction of sp³-hybridized carbons (Fsp3) is 0.364. The summed E-state index contributed by atoms with van der Waals surface area (Å²) in [4.78, 5) is 0.